The summed E-state index contributed by atoms with van der Waals surface area (Å²) < 4.78 is 27.8. The number of carbonyl (C=O) groups excluding carboxylic acids is 1. The van der Waals surface area contributed by atoms with Gasteiger partial charge in [0.15, 0.2) is 5.69 Å². The number of hydrogen-bond donors (Lipinski definition) is 3. The van der Waals surface area contributed by atoms with Gasteiger partial charge in [-0.15, -0.1) is 5.11 Å². The number of nitrogens with zero attached hydrogens (tertiary/aromatic N) is 2. The van der Waals surface area contributed by atoms with Gasteiger partial charge in [0, 0.05) is 5.39 Å². The maximum absolute atomic E-state index is 12.2. The zero-order valence-electron chi connectivity index (χ0n) is 15.8. The number of azo groups is 1. The molecule has 1 aromatic heterocycles. The van der Waals surface area contributed by atoms with Gasteiger partial charge in [-0.1, -0.05) is 13.8 Å². The van der Waals surface area contributed by atoms with Crippen LogP contribution in [0.2, 0.25) is 0 Å². The summed E-state index contributed by atoms with van der Waals surface area (Å²) in [5, 5.41) is 23.8. The number of sulfonamides is 1. The summed E-state index contributed by atoms with van der Waals surface area (Å²) in [5.41, 5.74) is 1.40. The van der Waals surface area contributed by atoms with Crippen LogP contribution in [0.5, 0.6) is 5.88 Å². The Labute approximate surface area is 167 Å². The molecular weight excluding hydrogens is 396 g/mol. The number of aromatic nitrogens is 1. The predicted molar refractivity (Wildman–Crippen MR) is 107 cm³/mol. The summed E-state index contributed by atoms with van der Waals surface area (Å²) in [7, 11) is -3.80. The summed E-state index contributed by atoms with van der Waals surface area (Å²) in [4.78, 5) is 14.9. The molecule has 0 saturated carbocycles. The second-order valence-electron chi connectivity index (χ2n) is 6.81. The van der Waals surface area contributed by atoms with Crippen LogP contribution in [-0.2, 0) is 14.8 Å². The van der Waals surface area contributed by atoms with Gasteiger partial charge in [-0.25, -0.2) is 18.4 Å². The highest BCUT2D eigenvalue weighted by Gasteiger charge is 2.15. The minimum atomic E-state index is -3.80. The molecule has 0 aliphatic rings. The van der Waals surface area contributed by atoms with E-state index in [0.29, 0.717) is 28.8 Å². The number of nitrogens with one attached hydrogen (secondary N) is 1. The first-order valence-electron chi connectivity index (χ1n) is 8.71. The third-order valence-electron chi connectivity index (χ3n) is 3.97. The number of primary sulfonamides is 1. The van der Waals surface area contributed by atoms with E-state index >= 15 is 0 Å². The molecule has 0 spiro atoms. The van der Waals surface area contributed by atoms with Crippen LogP contribution < -0.4 is 5.14 Å². The summed E-state index contributed by atoms with van der Waals surface area (Å²) >= 11 is 0. The largest absolute Gasteiger partial charge is 0.493 e. The average Bonchev–Trinajstić information content (AvgIpc) is 2.98. The summed E-state index contributed by atoms with van der Waals surface area (Å²) in [6, 6.07) is 10.3. The van der Waals surface area contributed by atoms with Crippen LogP contribution in [0.3, 0.4) is 0 Å². The highest BCUT2D eigenvalue weighted by molar-refractivity contribution is 7.89. The third-order valence-corrected chi connectivity index (χ3v) is 4.90. The second-order valence-corrected chi connectivity index (χ2v) is 8.38. The van der Waals surface area contributed by atoms with E-state index in [2.05, 4.69) is 15.2 Å². The lowest BCUT2D eigenvalue weighted by molar-refractivity contribution is 0.0459. The molecule has 0 aliphatic heterocycles. The molecule has 0 radical (unpaired) electrons. The number of fused-ring (bicyclic) bond motifs is 1. The van der Waals surface area contributed by atoms with Crippen molar-refractivity contribution in [3.8, 4) is 5.88 Å². The third kappa shape index (κ3) is 4.79. The Hall–Kier alpha value is -3.24. The number of aromatic hydroxyl groups is 1. The minimum absolute atomic E-state index is 0.0454. The van der Waals surface area contributed by atoms with Crippen LogP contribution in [-0.4, -0.2) is 31.1 Å². The van der Waals surface area contributed by atoms with Crippen molar-refractivity contribution in [3.63, 3.8) is 0 Å². The highest BCUT2D eigenvalue weighted by atomic mass is 32.2. The van der Waals surface area contributed by atoms with Crippen LogP contribution >= 0.6 is 0 Å². The van der Waals surface area contributed by atoms with Gasteiger partial charge in [-0.05, 0) is 48.4 Å². The van der Waals surface area contributed by atoms with Crippen LogP contribution in [0.4, 0.5) is 11.4 Å². The Balaban J connectivity index is 1.90. The molecular formula is C19H20N4O5S. The SMILES string of the molecule is CC(C)COC(=O)c1ccc2[nH]c(O)c(N=Nc3ccc(S(N)(=O)=O)cc3)c2c1. The van der Waals surface area contributed by atoms with Gasteiger partial charge in [0.05, 0.1) is 28.3 Å². The van der Waals surface area contributed by atoms with Gasteiger partial charge in [-0.3, -0.25) is 0 Å². The van der Waals surface area contributed by atoms with Crippen LogP contribution in [0.15, 0.2) is 57.6 Å². The predicted octanol–water partition coefficient (Wildman–Crippen LogP) is 3.75. The van der Waals surface area contributed by atoms with Gasteiger partial charge in [-0.2, -0.15) is 5.11 Å². The molecule has 10 heteroatoms. The van der Waals surface area contributed by atoms with Crippen molar-refractivity contribution in [2.45, 2.75) is 18.7 Å². The lowest BCUT2D eigenvalue weighted by atomic mass is 10.1. The zero-order valence-corrected chi connectivity index (χ0v) is 16.6. The quantitative estimate of drug-likeness (QED) is 0.413. The first-order valence-corrected chi connectivity index (χ1v) is 10.3. The summed E-state index contributed by atoms with van der Waals surface area (Å²) in [6.07, 6.45) is 0. The lowest BCUT2D eigenvalue weighted by Gasteiger charge is -2.07. The molecule has 152 valence electrons. The fourth-order valence-electron chi connectivity index (χ4n) is 2.53. The maximum Gasteiger partial charge on any atom is 0.338 e. The monoisotopic (exact) mass is 416 g/mol. The van der Waals surface area contributed by atoms with Gasteiger partial charge < -0.3 is 14.8 Å². The average molecular weight is 416 g/mol. The lowest BCUT2D eigenvalue weighted by Crippen LogP contribution is -2.11. The molecule has 3 aromatic rings. The van der Waals surface area contributed by atoms with Crippen molar-refractivity contribution in [2.24, 2.45) is 21.3 Å². The van der Waals surface area contributed by atoms with E-state index in [9.17, 15) is 18.3 Å². The van der Waals surface area contributed by atoms with Crippen molar-refractivity contribution >= 4 is 38.3 Å². The van der Waals surface area contributed by atoms with E-state index in [1.807, 2.05) is 13.8 Å². The molecule has 0 bridgehead atoms. The number of nitrogens with two attached hydrogens (primary N) is 1. The fourth-order valence-corrected chi connectivity index (χ4v) is 3.04. The number of aromatic amines is 1. The normalized spacial score (nSPS) is 12.1. The number of carbonyl (C=O) groups is 1. The molecule has 1 heterocycles. The number of ether oxygens (including phenoxy) is 1. The van der Waals surface area contributed by atoms with E-state index in [1.165, 1.54) is 24.3 Å². The van der Waals surface area contributed by atoms with Crippen LogP contribution in [0, 0.1) is 5.92 Å². The molecule has 0 unspecified atom stereocenters. The van der Waals surface area contributed by atoms with Gasteiger partial charge >= 0.3 is 5.97 Å². The van der Waals surface area contributed by atoms with Crippen molar-refractivity contribution in [1.82, 2.24) is 4.98 Å². The number of benzene rings is 2. The number of H-pyrrole nitrogens is 1. The molecule has 0 amide bonds. The van der Waals surface area contributed by atoms with E-state index < -0.39 is 16.0 Å². The highest BCUT2D eigenvalue weighted by Crippen LogP contribution is 2.37. The number of hydrogen-bond acceptors (Lipinski definition) is 7. The molecule has 4 N–H and O–H groups in total. The van der Waals surface area contributed by atoms with Gasteiger partial charge in [0.2, 0.25) is 15.9 Å². The van der Waals surface area contributed by atoms with Crippen LogP contribution in [0.1, 0.15) is 24.2 Å². The molecule has 0 saturated heterocycles. The molecule has 0 fully saturated rings. The topological polar surface area (TPSA) is 147 Å². The van der Waals surface area contributed by atoms with Gasteiger partial charge in [0.1, 0.15) is 0 Å². The summed E-state index contributed by atoms with van der Waals surface area (Å²) in [6.45, 7) is 4.18. The Morgan fingerprint density at radius 3 is 2.48 bits per heavy atom. The van der Waals surface area contributed by atoms with Crippen molar-refractivity contribution < 1.29 is 23.1 Å². The Bertz CT molecular complexity index is 1180. The van der Waals surface area contributed by atoms with E-state index in [1.54, 1.807) is 18.2 Å². The second kappa shape index (κ2) is 8.02. The maximum atomic E-state index is 12.2. The first-order chi connectivity index (χ1) is 13.6. The molecule has 9 nitrogen and oxygen atoms in total. The van der Waals surface area contributed by atoms with Crippen molar-refractivity contribution in [1.29, 1.82) is 0 Å². The fraction of sp³-hybridized carbons (Fsp3) is 0.211. The molecule has 0 atom stereocenters. The first kappa shape index (κ1) is 20.5. The molecule has 3 rings (SSSR count). The Kier molecular flexibility index (Phi) is 5.66. The molecule has 29 heavy (non-hydrogen) atoms. The smallest absolute Gasteiger partial charge is 0.338 e. The molecule has 0 aliphatic carbocycles. The minimum Gasteiger partial charge on any atom is -0.493 e. The van der Waals surface area contributed by atoms with Crippen molar-refractivity contribution in [2.75, 3.05) is 6.61 Å². The zero-order chi connectivity index (χ0) is 21.2. The summed E-state index contributed by atoms with van der Waals surface area (Å²) in [5.74, 6) is -0.468. The molecule has 2 aromatic carbocycles. The van der Waals surface area contributed by atoms with E-state index in [0.717, 1.165) is 0 Å². The Morgan fingerprint density at radius 1 is 1.17 bits per heavy atom. The van der Waals surface area contributed by atoms with E-state index in [4.69, 9.17) is 9.88 Å². The number of esters is 1. The standard InChI is InChI=1S/C19H20N4O5S/c1-11(2)10-28-19(25)12-3-8-16-15(9-12)17(18(24)21-16)23-22-13-4-6-14(7-5-13)29(20,26)27/h3-9,11,21,24H,10H2,1-2H3,(H2,20,26,27). The van der Waals surface area contributed by atoms with Gasteiger partial charge in [0.25, 0.3) is 0 Å². The Morgan fingerprint density at radius 2 is 1.86 bits per heavy atom. The van der Waals surface area contributed by atoms with Crippen molar-refractivity contribution in [3.05, 3.63) is 48.0 Å². The number of rotatable bonds is 6. The van der Waals surface area contributed by atoms with Crippen LogP contribution in [0.25, 0.3) is 10.9 Å². The van der Waals surface area contributed by atoms with E-state index in [-0.39, 0.29) is 22.4 Å².